The first-order chi connectivity index (χ1) is 9.97. The number of carbonyl (C=O) groups is 2. The highest BCUT2D eigenvalue weighted by atomic mass is 32.1. The minimum atomic E-state index is -0.426. The van der Waals surface area contributed by atoms with Gasteiger partial charge in [-0.25, -0.2) is 9.78 Å². The Bertz CT molecular complexity index is 653. The highest BCUT2D eigenvalue weighted by Gasteiger charge is 2.19. The predicted octanol–water partition coefficient (Wildman–Crippen LogP) is 2.66. The van der Waals surface area contributed by atoms with Gasteiger partial charge in [-0.1, -0.05) is 11.3 Å². The minimum Gasteiger partial charge on any atom is -0.459 e. The van der Waals surface area contributed by atoms with Crippen LogP contribution in [0.4, 0.5) is 5.13 Å². The van der Waals surface area contributed by atoms with Crippen molar-refractivity contribution in [3.63, 3.8) is 0 Å². The Labute approximate surface area is 126 Å². The number of nitrogens with one attached hydrogen (secondary N) is 1. The molecular formula is C14H15N3O3S. The van der Waals surface area contributed by atoms with Gasteiger partial charge < -0.3 is 4.74 Å². The van der Waals surface area contributed by atoms with Gasteiger partial charge in [-0.2, -0.15) is 0 Å². The summed E-state index contributed by atoms with van der Waals surface area (Å²) >= 11 is 1.10. The zero-order chi connectivity index (χ0) is 15.4. The highest BCUT2D eigenvalue weighted by Crippen LogP contribution is 2.24. The van der Waals surface area contributed by atoms with E-state index in [1.165, 1.54) is 12.4 Å². The lowest BCUT2D eigenvalue weighted by Crippen LogP contribution is -2.11. The van der Waals surface area contributed by atoms with Gasteiger partial charge in [0.25, 0.3) is 5.91 Å². The predicted molar refractivity (Wildman–Crippen MR) is 79.6 cm³/mol. The van der Waals surface area contributed by atoms with Crippen LogP contribution in [0.3, 0.4) is 0 Å². The molecule has 0 bridgehead atoms. The molecule has 0 saturated carbocycles. The molecule has 0 aliphatic heterocycles. The summed E-state index contributed by atoms with van der Waals surface area (Å²) in [5, 5.41) is 3.03. The van der Waals surface area contributed by atoms with E-state index in [0.29, 0.717) is 21.3 Å². The van der Waals surface area contributed by atoms with Crippen molar-refractivity contribution in [2.24, 2.45) is 0 Å². The van der Waals surface area contributed by atoms with Gasteiger partial charge in [-0.3, -0.25) is 15.1 Å². The number of hydrogen-bond donors (Lipinski definition) is 1. The number of anilines is 1. The van der Waals surface area contributed by atoms with Crippen molar-refractivity contribution in [1.29, 1.82) is 0 Å². The third kappa shape index (κ3) is 3.85. The summed E-state index contributed by atoms with van der Waals surface area (Å²) < 4.78 is 5.13. The first-order valence-electron chi connectivity index (χ1n) is 6.37. The molecule has 2 rings (SSSR count). The Morgan fingerprint density at radius 2 is 1.95 bits per heavy atom. The molecule has 0 unspecified atom stereocenters. The number of aryl methyl sites for hydroxylation is 1. The summed E-state index contributed by atoms with van der Waals surface area (Å²) in [6.45, 7) is 5.26. The summed E-state index contributed by atoms with van der Waals surface area (Å²) in [5.74, 6) is -0.723. The smallest absolute Gasteiger partial charge is 0.350 e. The molecule has 1 amide bonds. The third-order valence-electron chi connectivity index (χ3n) is 2.49. The Balaban J connectivity index is 2.12. The lowest BCUT2D eigenvalue weighted by Gasteiger charge is -2.05. The van der Waals surface area contributed by atoms with E-state index in [1.807, 2.05) is 0 Å². The van der Waals surface area contributed by atoms with Gasteiger partial charge in [0.05, 0.1) is 11.8 Å². The Hall–Kier alpha value is -2.28. The van der Waals surface area contributed by atoms with E-state index >= 15 is 0 Å². The number of ether oxygens (including phenoxy) is 1. The van der Waals surface area contributed by atoms with E-state index < -0.39 is 5.97 Å². The number of aromatic nitrogens is 2. The van der Waals surface area contributed by atoms with Gasteiger partial charge in [0.15, 0.2) is 5.13 Å². The van der Waals surface area contributed by atoms with Crippen LogP contribution < -0.4 is 5.32 Å². The molecule has 2 aromatic heterocycles. The largest absolute Gasteiger partial charge is 0.459 e. The average molecular weight is 305 g/mol. The number of hydrogen-bond acceptors (Lipinski definition) is 6. The first-order valence-corrected chi connectivity index (χ1v) is 7.19. The molecule has 0 aromatic carbocycles. The van der Waals surface area contributed by atoms with Crippen molar-refractivity contribution in [2.75, 3.05) is 5.32 Å². The van der Waals surface area contributed by atoms with Crippen LogP contribution in [0.15, 0.2) is 24.5 Å². The number of pyridine rings is 1. The van der Waals surface area contributed by atoms with Crippen LogP contribution in [0.2, 0.25) is 0 Å². The minimum absolute atomic E-state index is 0.200. The van der Waals surface area contributed by atoms with Crippen molar-refractivity contribution in [3.8, 4) is 0 Å². The van der Waals surface area contributed by atoms with Crippen molar-refractivity contribution in [3.05, 3.63) is 40.7 Å². The maximum absolute atomic E-state index is 12.0. The molecule has 1 N–H and O–H groups in total. The lowest BCUT2D eigenvalue weighted by molar-refractivity contribution is 0.0382. The van der Waals surface area contributed by atoms with E-state index in [9.17, 15) is 9.59 Å². The number of esters is 1. The topological polar surface area (TPSA) is 81.2 Å². The van der Waals surface area contributed by atoms with Crippen LogP contribution in [0.1, 0.15) is 39.6 Å². The van der Waals surface area contributed by atoms with Gasteiger partial charge >= 0.3 is 5.97 Å². The SMILES string of the molecule is Cc1nc(NC(=O)c2ccncc2)sc1C(=O)OC(C)C. The maximum atomic E-state index is 12.0. The Kier molecular flexibility index (Phi) is 4.64. The van der Waals surface area contributed by atoms with Crippen LogP contribution in [-0.4, -0.2) is 27.9 Å². The molecule has 0 radical (unpaired) electrons. The second-order valence-electron chi connectivity index (χ2n) is 4.58. The average Bonchev–Trinajstić information content (AvgIpc) is 2.80. The molecule has 21 heavy (non-hydrogen) atoms. The van der Waals surface area contributed by atoms with E-state index in [0.717, 1.165) is 11.3 Å². The van der Waals surface area contributed by atoms with Crippen molar-refractivity contribution in [1.82, 2.24) is 9.97 Å². The zero-order valence-electron chi connectivity index (χ0n) is 11.9. The second kappa shape index (κ2) is 6.45. The molecule has 0 aliphatic rings. The Morgan fingerprint density at radius 3 is 2.57 bits per heavy atom. The molecule has 2 heterocycles. The standard InChI is InChI=1S/C14H15N3O3S/c1-8(2)20-13(19)11-9(3)16-14(21-11)17-12(18)10-4-6-15-7-5-10/h4-8H,1-3H3,(H,16,17,18). The van der Waals surface area contributed by atoms with E-state index in [4.69, 9.17) is 4.74 Å². The lowest BCUT2D eigenvalue weighted by atomic mass is 10.2. The number of thiazole rings is 1. The molecule has 0 saturated heterocycles. The molecule has 110 valence electrons. The van der Waals surface area contributed by atoms with Crippen LogP contribution in [0.5, 0.6) is 0 Å². The van der Waals surface area contributed by atoms with Gasteiger partial charge in [0, 0.05) is 18.0 Å². The molecule has 7 heteroatoms. The molecular weight excluding hydrogens is 290 g/mol. The fourth-order valence-electron chi connectivity index (χ4n) is 1.58. The summed E-state index contributed by atoms with van der Waals surface area (Å²) in [7, 11) is 0. The molecule has 0 aliphatic carbocycles. The first kappa shape index (κ1) is 15.1. The van der Waals surface area contributed by atoms with Gasteiger partial charge in [-0.05, 0) is 32.9 Å². The van der Waals surface area contributed by atoms with Gasteiger partial charge in [0.1, 0.15) is 4.88 Å². The van der Waals surface area contributed by atoms with Crippen molar-refractivity contribution < 1.29 is 14.3 Å². The quantitative estimate of drug-likeness (QED) is 0.878. The summed E-state index contributed by atoms with van der Waals surface area (Å²) in [6, 6.07) is 3.20. The molecule has 0 fully saturated rings. The third-order valence-corrected chi connectivity index (χ3v) is 3.54. The van der Waals surface area contributed by atoms with Gasteiger partial charge in [-0.15, -0.1) is 0 Å². The van der Waals surface area contributed by atoms with Crippen molar-refractivity contribution in [2.45, 2.75) is 26.9 Å². The highest BCUT2D eigenvalue weighted by molar-refractivity contribution is 7.17. The second-order valence-corrected chi connectivity index (χ2v) is 5.58. The maximum Gasteiger partial charge on any atom is 0.350 e. The van der Waals surface area contributed by atoms with Crippen molar-refractivity contribution >= 4 is 28.3 Å². The molecule has 6 nitrogen and oxygen atoms in total. The number of nitrogens with zero attached hydrogens (tertiary/aromatic N) is 2. The Morgan fingerprint density at radius 1 is 1.29 bits per heavy atom. The summed E-state index contributed by atoms with van der Waals surface area (Å²) in [4.78, 5) is 32.3. The van der Waals surface area contributed by atoms with E-state index in [2.05, 4.69) is 15.3 Å². The fourth-order valence-corrected chi connectivity index (χ4v) is 2.42. The van der Waals surface area contributed by atoms with Gasteiger partial charge in [0.2, 0.25) is 0 Å². The van der Waals surface area contributed by atoms with E-state index in [1.54, 1.807) is 32.9 Å². The summed E-state index contributed by atoms with van der Waals surface area (Å²) in [5.41, 5.74) is 1.01. The monoisotopic (exact) mass is 305 g/mol. The van der Waals surface area contributed by atoms with Crippen LogP contribution in [0, 0.1) is 6.92 Å². The number of amides is 1. The van der Waals surface area contributed by atoms with Crippen LogP contribution in [0.25, 0.3) is 0 Å². The number of rotatable bonds is 4. The van der Waals surface area contributed by atoms with Crippen LogP contribution in [-0.2, 0) is 4.74 Å². The number of carbonyl (C=O) groups excluding carboxylic acids is 2. The molecule has 0 spiro atoms. The summed E-state index contributed by atoms with van der Waals surface area (Å²) in [6.07, 6.45) is 2.87. The van der Waals surface area contributed by atoms with Crippen LogP contribution >= 0.6 is 11.3 Å². The normalized spacial score (nSPS) is 10.5. The van der Waals surface area contributed by atoms with E-state index in [-0.39, 0.29) is 12.0 Å². The zero-order valence-corrected chi connectivity index (χ0v) is 12.7. The molecule has 0 atom stereocenters. The fraction of sp³-hybridized carbons (Fsp3) is 0.286. The molecule has 2 aromatic rings.